The Balaban J connectivity index is 1.91. The lowest BCUT2D eigenvalue weighted by molar-refractivity contribution is -0.117. The molecule has 0 bridgehead atoms. The Kier molecular flexibility index (Phi) is 5.21. The van der Waals surface area contributed by atoms with Crippen molar-refractivity contribution < 1.29 is 9.21 Å². The minimum Gasteiger partial charge on any atom is -0.424 e. The van der Waals surface area contributed by atoms with Gasteiger partial charge in [0.1, 0.15) is 5.82 Å². The van der Waals surface area contributed by atoms with E-state index in [9.17, 15) is 4.79 Å². The van der Waals surface area contributed by atoms with E-state index in [1.807, 2.05) is 38.8 Å². The second-order valence-electron chi connectivity index (χ2n) is 5.25. The maximum absolute atomic E-state index is 12.0. The van der Waals surface area contributed by atoms with E-state index in [1.165, 1.54) is 0 Å². The fourth-order valence-corrected chi connectivity index (χ4v) is 1.85. The van der Waals surface area contributed by atoms with Gasteiger partial charge in [0, 0.05) is 12.6 Å². The Morgan fingerprint density at radius 1 is 1.41 bits per heavy atom. The first-order valence-electron chi connectivity index (χ1n) is 7.24. The molecule has 0 radical (unpaired) electrons. The number of aromatic nitrogens is 3. The van der Waals surface area contributed by atoms with Gasteiger partial charge in [0.05, 0.1) is 12.6 Å². The standard InChI is InChI=1S/C15H21N5O2/c1-5-14-18-19-15(22-14)11(3)20(4)9-13(21)17-12-7-6-10(2)8-16-12/h6-8,11H,5,9H2,1-4H3,(H,16,17,21). The number of carbonyl (C=O) groups is 1. The van der Waals surface area contributed by atoms with Crippen molar-refractivity contribution >= 4 is 11.7 Å². The average molecular weight is 303 g/mol. The molecule has 0 spiro atoms. The highest BCUT2D eigenvalue weighted by Gasteiger charge is 2.20. The Labute approximate surface area is 129 Å². The molecule has 1 unspecified atom stereocenters. The average Bonchev–Trinajstić information content (AvgIpc) is 2.97. The number of aryl methyl sites for hydroxylation is 2. The van der Waals surface area contributed by atoms with Gasteiger partial charge in [0.25, 0.3) is 0 Å². The molecule has 1 atom stereocenters. The van der Waals surface area contributed by atoms with Crippen molar-refractivity contribution in [2.45, 2.75) is 33.2 Å². The van der Waals surface area contributed by atoms with Gasteiger partial charge in [-0.15, -0.1) is 10.2 Å². The predicted molar refractivity (Wildman–Crippen MR) is 82.3 cm³/mol. The van der Waals surface area contributed by atoms with Crippen LogP contribution in [0.15, 0.2) is 22.7 Å². The molecule has 0 aromatic carbocycles. The van der Waals surface area contributed by atoms with Crippen LogP contribution in [0.4, 0.5) is 5.82 Å². The molecule has 2 aromatic heterocycles. The highest BCUT2D eigenvalue weighted by molar-refractivity contribution is 5.91. The van der Waals surface area contributed by atoms with E-state index in [1.54, 1.807) is 12.3 Å². The molecular formula is C15H21N5O2. The second kappa shape index (κ2) is 7.13. The van der Waals surface area contributed by atoms with Crippen molar-refractivity contribution in [1.82, 2.24) is 20.1 Å². The number of nitrogens with zero attached hydrogens (tertiary/aromatic N) is 4. The van der Waals surface area contributed by atoms with Crippen LogP contribution in [0, 0.1) is 6.92 Å². The molecule has 0 saturated heterocycles. The van der Waals surface area contributed by atoms with Crippen LogP contribution in [-0.4, -0.2) is 39.6 Å². The molecule has 0 saturated carbocycles. The van der Waals surface area contributed by atoms with Crippen LogP contribution in [0.2, 0.25) is 0 Å². The van der Waals surface area contributed by atoms with E-state index in [4.69, 9.17) is 4.42 Å². The summed E-state index contributed by atoms with van der Waals surface area (Å²) in [6.07, 6.45) is 2.41. The third kappa shape index (κ3) is 4.11. The van der Waals surface area contributed by atoms with Gasteiger partial charge < -0.3 is 9.73 Å². The number of likely N-dealkylation sites (N-methyl/N-ethyl adjacent to an activating group) is 1. The first kappa shape index (κ1) is 16.1. The lowest BCUT2D eigenvalue weighted by atomic mass is 10.3. The van der Waals surface area contributed by atoms with Gasteiger partial charge >= 0.3 is 0 Å². The number of rotatable bonds is 6. The molecule has 7 heteroatoms. The fourth-order valence-electron chi connectivity index (χ4n) is 1.85. The van der Waals surface area contributed by atoms with Crippen molar-refractivity contribution in [3.05, 3.63) is 35.7 Å². The van der Waals surface area contributed by atoms with Crippen LogP contribution in [-0.2, 0) is 11.2 Å². The summed E-state index contributed by atoms with van der Waals surface area (Å²) >= 11 is 0. The summed E-state index contributed by atoms with van der Waals surface area (Å²) in [4.78, 5) is 18.0. The topological polar surface area (TPSA) is 84.2 Å². The molecule has 0 aliphatic rings. The zero-order chi connectivity index (χ0) is 16.1. The number of hydrogen-bond acceptors (Lipinski definition) is 6. The third-order valence-corrected chi connectivity index (χ3v) is 3.38. The van der Waals surface area contributed by atoms with Gasteiger partial charge in [-0.3, -0.25) is 9.69 Å². The number of nitrogens with one attached hydrogen (secondary N) is 1. The van der Waals surface area contributed by atoms with Crippen LogP contribution in [0.3, 0.4) is 0 Å². The molecule has 0 aliphatic carbocycles. The molecule has 1 N–H and O–H groups in total. The predicted octanol–water partition coefficient (Wildman–Crippen LogP) is 1.97. The molecule has 22 heavy (non-hydrogen) atoms. The van der Waals surface area contributed by atoms with Gasteiger partial charge in [-0.1, -0.05) is 13.0 Å². The van der Waals surface area contributed by atoms with Crippen LogP contribution >= 0.6 is 0 Å². The van der Waals surface area contributed by atoms with Gasteiger partial charge in [0.15, 0.2) is 0 Å². The van der Waals surface area contributed by atoms with E-state index in [-0.39, 0.29) is 18.5 Å². The summed E-state index contributed by atoms with van der Waals surface area (Å²) in [7, 11) is 1.84. The van der Waals surface area contributed by atoms with E-state index in [0.29, 0.717) is 24.0 Å². The van der Waals surface area contributed by atoms with Crippen molar-refractivity contribution in [3.8, 4) is 0 Å². The van der Waals surface area contributed by atoms with Gasteiger partial charge in [0.2, 0.25) is 17.7 Å². The lowest BCUT2D eigenvalue weighted by Crippen LogP contribution is -2.32. The smallest absolute Gasteiger partial charge is 0.239 e. The number of pyridine rings is 1. The van der Waals surface area contributed by atoms with Crippen molar-refractivity contribution in [2.75, 3.05) is 18.9 Å². The first-order chi connectivity index (χ1) is 10.5. The van der Waals surface area contributed by atoms with Crippen molar-refractivity contribution in [3.63, 3.8) is 0 Å². The summed E-state index contributed by atoms with van der Waals surface area (Å²) in [6, 6.07) is 3.55. The van der Waals surface area contributed by atoms with Gasteiger partial charge in [-0.05, 0) is 32.5 Å². The Morgan fingerprint density at radius 2 is 2.18 bits per heavy atom. The summed E-state index contributed by atoms with van der Waals surface area (Å²) in [5.41, 5.74) is 1.05. The zero-order valence-corrected chi connectivity index (χ0v) is 13.3. The molecule has 118 valence electrons. The minimum atomic E-state index is -0.138. The molecule has 2 aromatic rings. The molecule has 7 nitrogen and oxygen atoms in total. The summed E-state index contributed by atoms with van der Waals surface area (Å²) in [5.74, 6) is 1.52. The fraction of sp³-hybridized carbons (Fsp3) is 0.467. The number of anilines is 1. The first-order valence-corrected chi connectivity index (χ1v) is 7.24. The maximum atomic E-state index is 12.0. The van der Waals surface area contributed by atoms with Crippen molar-refractivity contribution in [2.24, 2.45) is 0 Å². The summed E-state index contributed by atoms with van der Waals surface area (Å²) in [5, 5.41) is 10.7. The molecule has 0 aliphatic heterocycles. The second-order valence-corrected chi connectivity index (χ2v) is 5.25. The third-order valence-electron chi connectivity index (χ3n) is 3.38. The lowest BCUT2D eigenvalue weighted by Gasteiger charge is -2.20. The highest BCUT2D eigenvalue weighted by atomic mass is 16.4. The maximum Gasteiger partial charge on any atom is 0.239 e. The van der Waals surface area contributed by atoms with E-state index >= 15 is 0 Å². The number of carbonyl (C=O) groups excluding carboxylic acids is 1. The normalized spacial score (nSPS) is 12.4. The van der Waals surface area contributed by atoms with Gasteiger partial charge in [-0.2, -0.15) is 0 Å². The zero-order valence-electron chi connectivity index (χ0n) is 13.3. The number of amides is 1. The monoisotopic (exact) mass is 303 g/mol. The Morgan fingerprint density at radius 3 is 2.77 bits per heavy atom. The Hall–Kier alpha value is -2.28. The summed E-state index contributed by atoms with van der Waals surface area (Å²) in [6.45, 7) is 6.03. The van der Waals surface area contributed by atoms with E-state index in [0.717, 1.165) is 5.56 Å². The van der Waals surface area contributed by atoms with E-state index in [2.05, 4.69) is 20.5 Å². The molecule has 2 heterocycles. The molecular weight excluding hydrogens is 282 g/mol. The SMILES string of the molecule is CCc1nnc(C(C)N(C)CC(=O)Nc2ccc(C)cn2)o1. The van der Waals surface area contributed by atoms with Crippen molar-refractivity contribution in [1.29, 1.82) is 0 Å². The van der Waals surface area contributed by atoms with Gasteiger partial charge in [-0.25, -0.2) is 4.98 Å². The molecule has 2 rings (SSSR count). The minimum absolute atomic E-state index is 0.135. The largest absolute Gasteiger partial charge is 0.424 e. The molecule has 0 fully saturated rings. The number of hydrogen-bond donors (Lipinski definition) is 1. The van der Waals surface area contributed by atoms with Crippen LogP contribution in [0.25, 0.3) is 0 Å². The Bertz CT molecular complexity index is 623. The highest BCUT2D eigenvalue weighted by Crippen LogP contribution is 2.17. The van der Waals surface area contributed by atoms with Crippen LogP contribution in [0.5, 0.6) is 0 Å². The van der Waals surface area contributed by atoms with E-state index < -0.39 is 0 Å². The summed E-state index contributed by atoms with van der Waals surface area (Å²) < 4.78 is 5.52. The van der Waals surface area contributed by atoms with Crippen LogP contribution < -0.4 is 5.32 Å². The quantitative estimate of drug-likeness (QED) is 0.878. The van der Waals surface area contributed by atoms with Crippen LogP contribution in [0.1, 0.15) is 37.2 Å². The molecule has 1 amide bonds.